The number of amides is 1. The molecule has 0 unspecified atom stereocenters. The van der Waals surface area contributed by atoms with Crippen LogP contribution in [0.15, 0.2) is 48.5 Å². The third-order valence-corrected chi connectivity index (χ3v) is 4.39. The van der Waals surface area contributed by atoms with Crippen LogP contribution in [0.25, 0.3) is 0 Å². The number of carbonyl (C=O) groups excluding carboxylic acids is 1. The van der Waals surface area contributed by atoms with Crippen LogP contribution < -0.4 is 5.32 Å². The minimum Gasteiger partial charge on any atom is -0.355 e. The van der Waals surface area contributed by atoms with E-state index in [-0.39, 0.29) is 11.7 Å². The lowest BCUT2D eigenvalue weighted by atomic mass is 9.95. The molecule has 0 heterocycles. The fourth-order valence-corrected chi connectivity index (χ4v) is 2.93. The largest absolute Gasteiger partial charge is 0.355 e. The Bertz CT molecular complexity index is 697. The normalized spacial score (nSPS) is 15.4. The molecule has 4 heteroatoms. The Balaban J connectivity index is 1.60. The molecule has 1 saturated carbocycles. The molecule has 1 fully saturated rings. The van der Waals surface area contributed by atoms with Crippen LogP contribution in [0.5, 0.6) is 0 Å². The van der Waals surface area contributed by atoms with Gasteiger partial charge in [-0.05, 0) is 54.7 Å². The van der Waals surface area contributed by atoms with Crippen molar-refractivity contribution in [1.29, 1.82) is 0 Å². The molecule has 22 heavy (non-hydrogen) atoms. The molecular weight excluding hydrogens is 301 g/mol. The van der Waals surface area contributed by atoms with Crippen molar-refractivity contribution in [3.63, 3.8) is 0 Å². The molecular formula is C18H17ClFNO. The molecule has 1 aliphatic carbocycles. The molecule has 2 nitrogen and oxygen atoms in total. The zero-order valence-electron chi connectivity index (χ0n) is 12.1. The van der Waals surface area contributed by atoms with Gasteiger partial charge in [-0.25, -0.2) is 4.39 Å². The van der Waals surface area contributed by atoms with Crippen LogP contribution in [0.2, 0.25) is 5.02 Å². The molecule has 0 bridgehead atoms. The highest BCUT2D eigenvalue weighted by Crippen LogP contribution is 2.48. The molecule has 1 N–H and O–H groups in total. The van der Waals surface area contributed by atoms with Gasteiger partial charge in [0.15, 0.2) is 0 Å². The second kappa shape index (κ2) is 6.09. The summed E-state index contributed by atoms with van der Waals surface area (Å²) in [6.45, 7) is 0.505. The molecule has 0 saturated heterocycles. The van der Waals surface area contributed by atoms with E-state index < -0.39 is 5.41 Å². The van der Waals surface area contributed by atoms with Crippen molar-refractivity contribution in [2.45, 2.75) is 24.7 Å². The Morgan fingerprint density at radius 2 is 1.95 bits per heavy atom. The van der Waals surface area contributed by atoms with E-state index in [4.69, 9.17) is 11.6 Å². The number of rotatable bonds is 5. The first-order chi connectivity index (χ1) is 10.6. The van der Waals surface area contributed by atoms with E-state index in [1.165, 1.54) is 12.1 Å². The summed E-state index contributed by atoms with van der Waals surface area (Å²) in [7, 11) is 0. The average Bonchev–Trinajstić information content (AvgIpc) is 3.29. The van der Waals surface area contributed by atoms with Gasteiger partial charge in [-0.3, -0.25) is 4.79 Å². The number of carbonyl (C=O) groups is 1. The van der Waals surface area contributed by atoms with Crippen molar-refractivity contribution in [3.8, 4) is 0 Å². The van der Waals surface area contributed by atoms with E-state index in [0.717, 1.165) is 24.0 Å². The van der Waals surface area contributed by atoms with Gasteiger partial charge in [-0.15, -0.1) is 0 Å². The van der Waals surface area contributed by atoms with Crippen LogP contribution in [-0.2, 0) is 16.6 Å². The van der Waals surface area contributed by atoms with Crippen LogP contribution in [0.3, 0.4) is 0 Å². The second-order valence-corrected chi connectivity index (χ2v) is 6.16. The first-order valence-corrected chi connectivity index (χ1v) is 7.77. The predicted molar refractivity (Wildman–Crippen MR) is 85.5 cm³/mol. The fourth-order valence-electron chi connectivity index (χ4n) is 2.74. The van der Waals surface area contributed by atoms with Gasteiger partial charge in [0.1, 0.15) is 5.82 Å². The summed E-state index contributed by atoms with van der Waals surface area (Å²) in [5.74, 6) is -0.215. The van der Waals surface area contributed by atoms with Gasteiger partial charge in [0, 0.05) is 11.6 Å². The first-order valence-electron chi connectivity index (χ1n) is 7.39. The third-order valence-electron chi connectivity index (χ3n) is 4.15. The van der Waals surface area contributed by atoms with Crippen molar-refractivity contribution in [1.82, 2.24) is 5.32 Å². The van der Waals surface area contributed by atoms with E-state index in [0.29, 0.717) is 18.0 Å². The van der Waals surface area contributed by atoms with Gasteiger partial charge >= 0.3 is 0 Å². The Hall–Kier alpha value is -1.87. The van der Waals surface area contributed by atoms with Crippen molar-refractivity contribution in [3.05, 3.63) is 70.5 Å². The monoisotopic (exact) mass is 317 g/mol. The molecule has 1 aliphatic rings. The molecule has 0 aromatic heterocycles. The van der Waals surface area contributed by atoms with Gasteiger partial charge in [0.25, 0.3) is 0 Å². The summed E-state index contributed by atoms with van der Waals surface area (Å²) >= 11 is 6.02. The molecule has 114 valence electrons. The minimum atomic E-state index is -0.424. The van der Waals surface area contributed by atoms with E-state index >= 15 is 0 Å². The Morgan fingerprint density at radius 1 is 1.18 bits per heavy atom. The SMILES string of the molecule is O=C(NCCc1cccc(F)c1)C1(c2cccc(Cl)c2)CC1. The summed E-state index contributed by atoms with van der Waals surface area (Å²) in [5.41, 5.74) is 1.43. The van der Waals surface area contributed by atoms with Crippen molar-refractivity contribution < 1.29 is 9.18 Å². The summed E-state index contributed by atoms with van der Waals surface area (Å²) < 4.78 is 13.1. The molecule has 1 amide bonds. The first kappa shape index (κ1) is 15.0. The van der Waals surface area contributed by atoms with Crippen LogP contribution in [0, 0.1) is 5.82 Å². The molecule has 0 aliphatic heterocycles. The molecule has 0 radical (unpaired) electrons. The van der Waals surface area contributed by atoms with Crippen molar-refractivity contribution in [2.75, 3.05) is 6.54 Å². The smallest absolute Gasteiger partial charge is 0.230 e. The lowest BCUT2D eigenvalue weighted by Gasteiger charge is -2.16. The molecule has 0 atom stereocenters. The Morgan fingerprint density at radius 3 is 2.64 bits per heavy atom. The Labute approximate surface area is 134 Å². The van der Waals surface area contributed by atoms with E-state index in [2.05, 4.69) is 5.32 Å². The van der Waals surface area contributed by atoms with Gasteiger partial charge < -0.3 is 5.32 Å². The number of nitrogens with one attached hydrogen (secondary N) is 1. The predicted octanol–water partition coefficient (Wildman–Crippen LogP) is 3.87. The number of halogens is 2. The molecule has 2 aromatic carbocycles. The topological polar surface area (TPSA) is 29.1 Å². The van der Waals surface area contributed by atoms with Crippen LogP contribution in [-0.4, -0.2) is 12.5 Å². The highest BCUT2D eigenvalue weighted by Gasteiger charge is 2.51. The quantitative estimate of drug-likeness (QED) is 0.891. The van der Waals surface area contributed by atoms with Crippen LogP contribution in [0.4, 0.5) is 4.39 Å². The number of hydrogen-bond donors (Lipinski definition) is 1. The van der Waals surface area contributed by atoms with E-state index in [9.17, 15) is 9.18 Å². The maximum absolute atomic E-state index is 13.1. The third kappa shape index (κ3) is 3.14. The van der Waals surface area contributed by atoms with Crippen molar-refractivity contribution >= 4 is 17.5 Å². The van der Waals surface area contributed by atoms with Gasteiger partial charge in [-0.1, -0.05) is 35.9 Å². The Kier molecular flexibility index (Phi) is 4.16. The lowest BCUT2D eigenvalue weighted by Crippen LogP contribution is -2.35. The molecule has 2 aromatic rings. The standard InChI is InChI=1S/C18H17ClFNO/c19-15-5-2-4-14(12-15)18(8-9-18)17(22)21-10-7-13-3-1-6-16(20)11-13/h1-6,11-12H,7-10H2,(H,21,22). The highest BCUT2D eigenvalue weighted by atomic mass is 35.5. The summed E-state index contributed by atoms with van der Waals surface area (Å²) in [6.07, 6.45) is 2.31. The maximum atomic E-state index is 13.1. The summed E-state index contributed by atoms with van der Waals surface area (Å²) in [5, 5.41) is 3.62. The van der Waals surface area contributed by atoms with E-state index in [1.807, 2.05) is 30.3 Å². The zero-order valence-corrected chi connectivity index (χ0v) is 12.9. The average molecular weight is 318 g/mol. The van der Waals surface area contributed by atoms with Crippen LogP contribution in [0.1, 0.15) is 24.0 Å². The zero-order chi connectivity index (χ0) is 15.6. The summed E-state index contributed by atoms with van der Waals surface area (Å²) in [6, 6.07) is 13.9. The number of hydrogen-bond acceptors (Lipinski definition) is 1. The minimum absolute atomic E-state index is 0.0335. The fraction of sp³-hybridized carbons (Fsp3) is 0.278. The summed E-state index contributed by atoms with van der Waals surface area (Å²) in [4.78, 5) is 12.5. The molecule has 3 rings (SSSR count). The maximum Gasteiger partial charge on any atom is 0.230 e. The van der Waals surface area contributed by atoms with Gasteiger partial charge in [0.2, 0.25) is 5.91 Å². The van der Waals surface area contributed by atoms with E-state index in [1.54, 1.807) is 6.07 Å². The van der Waals surface area contributed by atoms with Crippen LogP contribution >= 0.6 is 11.6 Å². The van der Waals surface area contributed by atoms with Gasteiger partial charge in [0.05, 0.1) is 5.41 Å². The second-order valence-electron chi connectivity index (χ2n) is 5.73. The highest BCUT2D eigenvalue weighted by molar-refractivity contribution is 6.30. The molecule has 0 spiro atoms. The van der Waals surface area contributed by atoms with Crippen molar-refractivity contribution in [2.24, 2.45) is 0 Å². The van der Waals surface area contributed by atoms with Gasteiger partial charge in [-0.2, -0.15) is 0 Å². The lowest BCUT2D eigenvalue weighted by molar-refractivity contribution is -0.123. The number of benzene rings is 2.